The zero-order chi connectivity index (χ0) is 23.4. The maximum atomic E-state index is 13.0. The Balaban J connectivity index is 1.29. The van der Waals surface area contributed by atoms with Crippen molar-refractivity contribution in [2.45, 2.75) is 43.5 Å². The molecule has 0 fully saturated rings. The number of hydrogen-bond donors (Lipinski definition) is 2. The molecule has 2 aromatic heterocycles. The van der Waals surface area contributed by atoms with Gasteiger partial charge in [0.05, 0.1) is 29.2 Å². The molecule has 2 heterocycles. The Morgan fingerprint density at radius 3 is 2.73 bits per heavy atom. The van der Waals surface area contributed by atoms with Crippen molar-refractivity contribution in [3.8, 4) is 0 Å². The van der Waals surface area contributed by atoms with Crippen LogP contribution in [0.15, 0.2) is 45.4 Å². The number of fused-ring (bicyclic) bond motifs is 1. The second kappa shape index (κ2) is 9.79. The van der Waals surface area contributed by atoms with Crippen LogP contribution in [0.3, 0.4) is 0 Å². The van der Waals surface area contributed by atoms with E-state index in [2.05, 4.69) is 20.1 Å². The molecule has 4 rings (SSSR count). The number of aryl methyl sites for hydroxylation is 2. The normalized spacial score (nSPS) is 13.4. The predicted molar refractivity (Wildman–Crippen MR) is 121 cm³/mol. The third-order valence-electron chi connectivity index (χ3n) is 5.16. The molecule has 1 amide bonds. The van der Waals surface area contributed by atoms with Crippen LogP contribution in [0, 0.1) is 5.82 Å². The minimum Gasteiger partial charge on any atom is -0.354 e. The summed E-state index contributed by atoms with van der Waals surface area (Å²) in [5.74, 6) is -0.844. The zero-order valence-corrected chi connectivity index (χ0v) is 19.2. The fourth-order valence-corrected chi connectivity index (χ4v) is 5.48. The molecular formula is C21H22FN5O4S2. The summed E-state index contributed by atoms with van der Waals surface area (Å²) in [6.45, 7) is 0.496. The molecule has 3 aromatic rings. The Morgan fingerprint density at radius 2 is 1.94 bits per heavy atom. The van der Waals surface area contributed by atoms with Gasteiger partial charge in [-0.2, -0.15) is 5.10 Å². The van der Waals surface area contributed by atoms with Gasteiger partial charge in [0, 0.05) is 18.0 Å². The number of amides is 1. The van der Waals surface area contributed by atoms with Gasteiger partial charge in [0.1, 0.15) is 5.82 Å². The van der Waals surface area contributed by atoms with Crippen LogP contribution < -0.4 is 15.6 Å². The van der Waals surface area contributed by atoms with E-state index in [9.17, 15) is 22.4 Å². The molecule has 33 heavy (non-hydrogen) atoms. The van der Waals surface area contributed by atoms with Crippen molar-refractivity contribution in [1.29, 1.82) is 0 Å². The van der Waals surface area contributed by atoms with E-state index in [0.717, 1.165) is 72.5 Å². The number of carbonyl (C=O) groups is 1. The summed E-state index contributed by atoms with van der Waals surface area (Å²) < 4.78 is 41.4. The predicted octanol–water partition coefficient (Wildman–Crippen LogP) is 1.88. The molecule has 0 saturated carbocycles. The van der Waals surface area contributed by atoms with E-state index in [-0.39, 0.29) is 41.0 Å². The van der Waals surface area contributed by atoms with Gasteiger partial charge in [-0.25, -0.2) is 22.5 Å². The number of benzene rings is 1. The lowest BCUT2D eigenvalue weighted by Crippen LogP contribution is -2.33. The second-order valence-corrected chi connectivity index (χ2v) is 10.2. The van der Waals surface area contributed by atoms with Gasteiger partial charge in [-0.3, -0.25) is 14.3 Å². The summed E-state index contributed by atoms with van der Waals surface area (Å²) in [4.78, 5) is 28.5. The lowest BCUT2D eigenvalue weighted by molar-refractivity contribution is -0.120. The monoisotopic (exact) mass is 491 g/mol. The molecule has 1 aliphatic rings. The first-order valence-corrected chi connectivity index (χ1v) is 12.8. The molecule has 9 nitrogen and oxygen atoms in total. The highest BCUT2D eigenvalue weighted by Crippen LogP contribution is 2.21. The van der Waals surface area contributed by atoms with Gasteiger partial charge in [-0.05, 0) is 55.5 Å². The van der Waals surface area contributed by atoms with Crippen LogP contribution in [0.4, 0.5) is 9.52 Å². The van der Waals surface area contributed by atoms with Crippen LogP contribution in [-0.2, 0) is 40.6 Å². The number of halogens is 1. The Bertz CT molecular complexity index is 1320. The van der Waals surface area contributed by atoms with Crippen LogP contribution in [0.25, 0.3) is 0 Å². The van der Waals surface area contributed by atoms with Crippen LogP contribution in [0.5, 0.6) is 0 Å². The molecule has 0 saturated heterocycles. The van der Waals surface area contributed by atoms with Crippen molar-refractivity contribution >= 4 is 32.4 Å². The number of hydrogen-bond acceptors (Lipinski definition) is 7. The van der Waals surface area contributed by atoms with E-state index in [1.165, 1.54) is 4.68 Å². The van der Waals surface area contributed by atoms with Crippen LogP contribution in [0.2, 0.25) is 0 Å². The van der Waals surface area contributed by atoms with E-state index in [0.29, 0.717) is 5.69 Å². The molecular weight excluding hydrogens is 469 g/mol. The lowest BCUT2D eigenvalue weighted by Gasteiger charge is -2.15. The molecule has 12 heteroatoms. The summed E-state index contributed by atoms with van der Waals surface area (Å²) in [5, 5.41) is 8.83. The van der Waals surface area contributed by atoms with Crippen LogP contribution >= 0.6 is 11.3 Å². The maximum Gasteiger partial charge on any atom is 0.267 e. The van der Waals surface area contributed by atoms with Crippen LogP contribution in [0.1, 0.15) is 29.8 Å². The Morgan fingerprint density at radius 1 is 1.18 bits per heavy atom. The van der Waals surface area contributed by atoms with Crippen molar-refractivity contribution in [2.24, 2.45) is 0 Å². The summed E-state index contributed by atoms with van der Waals surface area (Å²) >= 11 is 1.04. The quantitative estimate of drug-likeness (QED) is 0.496. The van der Waals surface area contributed by atoms with Crippen molar-refractivity contribution < 1.29 is 17.6 Å². The molecule has 0 spiro atoms. The first-order valence-electron chi connectivity index (χ1n) is 10.4. The van der Waals surface area contributed by atoms with Gasteiger partial charge >= 0.3 is 0 Å². The molecule has 0 unspecified atom stereocenters. The van der Waals surface area contributed by atoms with Crippen molar-refractivity contribution in [3.05, 3.63) is 68.8 Å². The molecule has 2 N–H and O–H groups in total. The number of sulfonamides is 1. The Labute approximate surface area is 193 Å². The van der Waals surface area contributed by atoms with Gasteiger partial charge in [0.2, 0.25) is 5.91 Å². The number of thiazole rings is 1. The molecule has 0 radical (unpaired) electrons. The summed E-state index contributed by atoms with van der Waals surface area (Å²) in [5.41, 5.74) is 2.19. The number of nitrogens with one attached hydrogen (secondary N) is 2. The van der Waals surface area contributed by atoms with E-state index < -0.39 is 15.8 Å². The summed E-state index contributed by atoms with van der Waals surface area (Å²) in [6.07, 6.45) is 3.83. The Hall–Kier alpha value is -3.12. The molecule has 1 aromatic carbocycles. The van der Waals surface area contributed by atoms with Gasteiger partial charge in [-0.15, -0.1) is 11.3 Å². The molecule has 1 aliphatic carbocycles. The average Bonchev–Trinajstić information content (AvgIpc) is 3.20. The highest BCUT2D eigenvalue weighted by molar-refractivity contribution is 7.93. The number of anilines is 1. The minimum absolute atomic E-state index is 0.0404. The van der Waals surface area contributed by atoms with E-state index >= 15 is 0 Å². The fraction of sp³-hybridized carbons (Fsp3) is 0.333. The largest absolute Gasteiger partial charge is 0.354 e. The topological polar surface area (TPSA) is 123 Å². The minimum atomic E-state index is -3.91. The molecule has 0 aliphatic heterocycles. The molecule has 0 atom stereocenters. The highest BCUT2D eigenvalue weighted by Gasteiger charge is 2.17. The van der Waals surface area contributed by atoms with Crippen LogP contribution in [-0.4, -0.2) is 35.6 Å². The zero-order valence-electron chi connectivity index (χ0n) is 17.6. The van der Waals surface area contributed by atoms with Crippen molar-refractivity contribution in [3.63, 3.8) is 0 Å². The SMILES string of the molecule is O=C(Cc1csc(NS(=O)(=O)c2ccc(F)cc2)n1)NCCn1nc2c(cc1=O)CCCC2. The van der Waals surface area contributed by atoms with Gasteiger partial charge in [0.15, 0.2) is 5.13 Å². The number of rotatable bonds is 8. The lowest BCUT2D eigenvalue weighted by atomic mass is 9.97. The first kappa shape index (κ1) is 23.1. The third-order valence-corrected chi connectivity index (χ3v) is 7.45. The average molecular weight is 492 g/mol. The van der Waals surface area contributed by atoms with E-state index in [1.54, 1.807) is 11.4 Å². The van der Waals surface area contributed by atoms with E-state index in [4.69, 9.17) is 0 Å². The standard InChI is InChI=1S/C21H22FN5O4S2/c22-15-5-7-17(8-6-15)33(30,31)26-21-24-16(13-32-21)12-19(28)23-9-10-27-20(29)11-14-3-1-2-4-18(14)25-27/h5-8,11,13H,1-4,9-10,12H2,(H,23,28)(H,24,26). The number of nitrogens with zero attached hydrogens (tertiary/aromatic N) is 3. The van der Waals surface area contributed by atoms with Crippen molar-refractivity contribution in [1.82, 2.24) is 20.1 Å². The van der Waals surface area contributed by atoms with E-state index in [1.807, 2.05) is 0 Å². The Kier molecular flexibility index (Phi) is 6.84. The molecule has 174 valence electrons. The summed E-state index contributed by atoms with van der Waals surface area (Å²) in [6, 6.07) is 6.05. The number of aromatic nitrogens is 3. The van der Waals surface area contributed by atoms with Gasteiger partial charge in [0.25, 0.3) is 15.6 Å². The third kappa shape index (κ3) is 5.82. The van der Waals surface area contributed by atoms with Crippen molar-refractivity contribution in [2.75, 3.05) is 11.3 Å². The molecule has 0 bridgehead atoms. The fourth-order valence-electron chi connectivity index (χ4n) is 3.51. The summed E-state index contributed by atoms with van der Waals surface area (Å²) in [7, 11) is -3.91. The maximum absolute atomic E-state index is 13.0. The highest BCUT2D eigenvalue weighted by atomic mass is 32.2. The smallest absolute Gasteiger partial charge is 0.267 e. The van der Waals surface area contributed by atoms with Gasteiger partial charge in [-0.1, -0.05) is 0 Å². The van der Waals surface area contributed by atoms with Gasteiger partial charge < -0.3 is 5.32 Å². The number of carbonyl (C=O) groups excluding carboxylic acids is 1. The first-order chi connectivity index (χ1) is 15.8. The second-order valence-electron chi connectivity index (χ2n) is 7.61.